The molecule has 0 aliphatic heterocycles. The van der Waals surface area contributed by atoms with Gasteiger partial charge in [0, 0.05) is 21.0 Å². The third kappa shape index (κ3) is 2.57. The first-order valence-corrected chi connectivity index (χ1v) is 8.85. The number of rotatable bonds is 4. The van der Waals surface area contributed by atoms with E-state index in [9.17, 15) is 4.79 Å². The topological polar surface area (TPSA) is 48.7 Å². The Labute approximate surface area is 148 Å². The molecule has 0 spiro atoms. The molecule has 126 valence electrons. The summed E-state index contributed by atoms with van der Waals surface area (Å²) in [5.41, 5.74) is 1.20. The Bertz CT molecular complexity index is 1120. The van der Waals surface area contributed by atoms with Crippen molar-refractivity contribution in [3.63, 3.8) is 0 Å². The van der Waals surface area contributed by atoms with E-state index in [2.05, 4.69) is 0 Å². The van der Waals surface area contributed by atoms with Crippen LogP contribution in [0.3, 0.4) is 0 Å². The molecule has 0 bridgehead atoms. The van der Waals surface area contributed by atoms with Gasteiger partial charge in [0.15, 0.2) is 5.76 Å². The van der Waals surface area contributed by atoms with Gasteiger partial charge in [0.25, 0.3) is 0 Å². The smallest absolute Gasteiger partial charge is 0.235 e. The molecule has 0 N–H and O–H groups in total. The Morgan fingerprint density at radius 3 is 2.76 bits per heavy atom. The van der Waals surface area contributed by atoms with Gasteiger partial charge in [-0.15, -0.1) is 11.3 Å². The maximum Gasteiger partial charge on any atom is 0.235 e. The minimum Gasteiger partial charge on any atom is -0.497 e. The summed E-state index contributed by atoms with van der Waals surface area (Å²) in [5, 5.41) is 3.50. The molecule has 4 nitrogen and oxygen atoms in total. The first kappa shape index (κ1) is 15.7. The summed E-state index contributed by atoms with van der Waals surface area (Å²) in [5.74, 6) is 1.32. The van der Waals surface area contributed by atoms with Crippen LogP contribution < -0.4 is 14.9 Å². The third-order valence-corrected chi connectivity index (χ3v) is 5.03. The molecule has 0 unspecified atom stereocenters. The number of hydrogen-bond donors (Lipinski definition) is 0. The van der Waals surface area contributed by atoms with Crippen LogP contribution in [-0.4, -0.2) is 13.7 Å². The van der Waals surface area contributed by atoms with E-state index in [1.54, 1.807) is 36.6 Å². The molecule has 2 aromatic carbocycles. The van der Waals surface area contributed by atoms with Gasteiger partial charge in [0.05, 0.1) is 19.1 Å². The lowest BCUT2D eigenvalue weighted by Gasteiger charge is -2.10. The molecule has 0 radical (unpaired) electrons. The molecule has 4 rings (SSSR count). The van der Waals surface area contributed by atoms with Gasteiger partial charge in [-0.3, -0.25) is 4.79 Å². The fourth-order valence-electron chi connectivity index (χ4n) is 2.89. The molecule has 0 fully saturated rings. The Kier molecular flexibility index (Phi) is 3.93. The average Bonchev–Trinajstić information content (AvgIpc) is 3.07. The summed E-state index contributed by atoms with van der Waals surface area (Å²) in [7, 11) is 1.57. The predicted octanol–water partition coefficient (Wildman–Crippen LogP) is 5.08. The molecule has 0 amide bonds. The van der Waals surface area contributed by atoms with Gasteiger partial charge in [-0.1, -0.05) is 18.2 Å². The van der Waals surface area contributed by atoms with Crippen LogP contribution in [0, 0.1) is 0 Å². The Morgan fingerprint density at radius 2 is 1.96 bits per heavy atom. The van der Waals surface area contributed by atoms with Crippen molar-refractivity contribution in [2.45, 2.75) is 6.92 Å². The second-order valence-electron chi connectivity index (χ2n) is 5.53. The van der Waals surface area contributed by atoms with Crippen LogP contribution in [0.4, 0.5) is 0 Å². The summed E-state index contributed by atoms with van der Waals surface area (Å²) in [6, 6.07) is 13.3. The van der Waals surface area contributed by atoms with E-state index in [-0.39, 0.29) is 11.2 Å². The summed E-state index contributed by atoms with van der Waals surface area (Å²) < 4.78 is 18.1. The molecule has 4 aromatic rings. The van der Waals surface area contributed by atoms with Gasteiger partial charge < -0.3 is 13.9 Å². The average molecular weight is 352 g/mol. The molecule has 0 aliphatic rings. The van der Waals surface area contributed by atoms with Gasteiger partial charge in [-0.25, -0.2) is 0 Å². The maximum atomic E-state index is 13.0. The van der Waals surface area contributed by atoms with E-state index in [0.717, 1.165) is 15.6 Å². The minimum absolute atomic E-state index is 0.188. The number of hydrogen-bond acceptors (Lipinski definition) is 5. The number of thiophene rings is 1. The second-order valence-corrected chi connectivity index (χ2v) is 6.44. The number of fused-ring (bicyclic) bond motifs is 2. The van der Waals surface area contributed by atoms with Crippen molar-refractivity contribution < 1.29 is 13.9 Å². The first-order valence-electron chi connectivity index (χ1n) is 7.97. The van der Waals surface area contributed by atoms with E-state index in [4.69, 9.17) is 13.9 Å². The lowest BCUT2D eigenvalue weighted by molar-refractivity contribution is 0.330. The van der Waals surface area contributed by atoms with Crippen molar-refractivity contribution in [2.24, 2.45) is 0 Å². The molecule has 0 saturated carbocycles. The molecule has 0 aliphatic carbocycles. The molecule has 0 atom stereocenters. The first-order chi connectivity index (χ1) is 12.2. The Hall–Kier alpha value is -2.79. The van der Waals surface area contributed by atoms with Crippen molar-refractivity contribution in [3.8, 4) is 22.8 Å². The maximum absolute atomic E-state index is 13.0. The highest BCUT2D eigenvalue weighted by Crippen LogP contribution is 2.39. The zero-order valence-electron chi connectivity index (χ0n) is 13.9. The van der Waals surface area contributed by atoms with Gasteiger partial charge in [-0.05, 0) is 31.2 Å². The number of benzene rings is 2. The van der Waals surface area contributed by atoms with Crippen LogP contribution in [0.15, 0.2) is 57.1 Å². The summed E-state index contributed by atoms with van der Waals surface area (Å²) in [6.45, 7) is 2.24. The second kappa shape index (κ2) is 6.26. The highest BCUT2D eigenvalue weighted by molar-refractivity contribution is 7.17. The molecular weight excluding hydrogens is 336 g/mol. The summed E-state index contributed by atoms with van der Waals surface area (Å²) >= 11 is 1.62. The highest BCUT2D eigenvalue weighted by Gasteiger charge is 2.20. The molecular formula is C20H16O4S. The van der Waals surface area contributed by atoms with Crippen molar-refractivity contribution in [1.29, 1.82) is 0 Å². The largest absolute Gasteiger partial charge is 0.497 e. The molecule has 2 aromatic heterocycles. The standard InChI is InChI=1S/C20H16O4S/c1-3-23-20-18(21)14-10-12(22-2)8-9-16(14)24-19(20)15-11-25-17-7-5-4-6-13(15)17/h4-11H,3H2,1-2H3. The normalized spacial score (nSPS) is 11.1. The molecule has 5 heteroatoms. The number of methoxy groups -OCH3 is 1. The van der Waals surface area contributed by atoms with Crippen molar-refractivity contribution in [2.75, 3.05) is 13.7 Å². The van der Waals surface area contributed by atoms with Crippen LogP contribution in [-0.2, 0) is 0 Å². The SMILES string of the molecule is CCOc1c(-c2csc3ccccc23)oc2ccc(OC)cc2c1=O. The zero-order valence-corrected chi connectivity index (χ0v) is 14.7. The predicted molar refractivity (Wildman–Crippen MR) is 101 cm³/mol. The van der Waals surface area contributed by atoms with Crippen LogP contribution in [0.25, 0.3) is 32.4 Å². The van der Waals surface area contributed by atoms with Gasteiger partial charge in [0.1, 0.15) is 11.3 Å². The Morgan fingerprint density at radius 1 is 1.12 bits per heavy atom. The fraction of sp³-hybridized carbons (Fsp3) is 0.150. The van der Waals surface area contributed by atoms with Gasteiger partial charge in [0.2, 0.25) is 11.2 Å². The van der Waals surface area contributed by atoms with Crippen molar-refractivity contribution in [3.05, 3.63) is 58.1 Å². The lowest BCUT2D eigenvalue weighted by Crippen LogP contribution is -2.10. The molecule has 0 saturated heterocycles. The monoisotopic (exact) mass is 352 g/mol. The third-order valence-electron chi connectivity index (χ3n) is 4.07. The molecule has 25 heavy (non-hydrogen) atoms. The van der Waals surface area contributed by atoms with Crippen LogP contribution in [0.5, 0.6) is 11.5 Å². The van der Waals surface area contributed by atoms with Crippen LogP contribution in [0.1, 0.15) is 6.92 Å². The van der Waals surface area contributed by atoms with E-state index >= 15 is 0 Å². The zero-order chi connectivity index (χ0) is 17.4. The van der Waals surface area contributed by atoms with E-state index in [0.29, 0.717) is 29.1 Å². The van der Waals surface area contributed by atoms with Crippen molar-refractivity contribution in [1.82, 2.24) is 0 Å². The highest BCUT2D eigenvalue weighted by atomic mass is 32.1. The Balaban J connectivity index is 2.06. The quantitative estimate of drug-likeness (QED) is 0.514. The van der Waals surface area contributed by atoms with Crippen molar-refractivity contribution >= 4 is 32.4 Å². The number of ether oxygens (including phenoxy) is 2. The van der Waals surface area contributed by atoms with Gasteiger partial charge >= 0.3 is 0 Å². The minimum atomic E-state index is -0.188. The van der Waals surface area contributed by atoms with E-state index in [1.165, 1.54) is 0 Å². The summed E-state index contributed by atoms with van der Waals surface area (Å²) in [4.78, 5) is 13.0. The summed E-state index contributed by atoms with van der Waals surface area (Å²) in [6.07, 6.45) is 0. The molecule has 2 heterocycles. The fourth-order valence-corrected chi connectivity index (χ4v) is 3.83. The van der Waals surface area contributed by atoms with E-state index in [1.807, 2.05) is 36.6 Å². The van der Waals surface area contributed by atoms with Crippen LogP contribution in [0.2, 0.25) is 0 Å². The van der Waals surface area contributed by atoms with Crippen LogP contribution >= 0.6 is 11.3 Å². The van der Waals surface area contributed by atoms with Gasteiger partial charge in [-0.2, -0.15) is 0 Å². The lowest BCUT2D eigenvalue weighted by atomic mass is 10.1. The van der Waals surface area contributed by atoms with E-state index < -0.39 is 0 Å².